The molecule has 0 atom stereocenters. The molecule has 3 aromatic heterocycles. The molecule has 0 aliphatic carbocycles. The van der Waals surface area contributed by atoms with E-state index in [1.165, 1.54) is 0 Å². The molecular formula is C20H17N3OS2. The van der Waals surface area contributed by atoms with Crippen LogP contribution in [-0.2, 0) is 0 Å². The van der Waals surface area contributed by atoms with E-state index in [4.69, 9.17) is 9.97 Å². The lowest BCUT2D eigenvalue weighted by molar-refractivity contribution is 0.0954. The van der Waals surface area contributed by atoms with Gasteiger partial charge in [-0.15, -0.1) is 22.7 Å². The predicted octanol–water partition coefficient (Wildman–Crippen LogP) is 5.23. The number of rotatable bonds is 5. The normalized spacial score (nSPS) is 11.0. The van der Waals surface area contributed by atoms with E-state index in [2.05, 4.69) is 17.4 Å². The minimum Gasteiger partial charge on any atom is -0.352 e. The van der Waals surface area contributed by atoms with Crippen LogP contribution in [0.25, 0.3) is 32.2 Å². The molecule has 0 aliphatic heterocycles. The Morgan fingerprint density at radius 2 is 1.62 bits per heavy atom. The number of aromatic nitrogens is 2. The molecule has 4 nitrogen and oxygen atoms in total. The number of amides is 1. The number of fused-ring (bicyclic) bond motifs is 1. The summed E-state index contributed by atoms with van der Waals surface area (Å²) in [6, 6.07) is 13.6. The van der Waals surface area contributed by atoms with Gasteiger partial charge in [0.15, 0.2) is 0 Å². The van der Waals surface area contributed by atoms with E-state index in [9.17, 15) is 4.79 Å². The Morgan fingerprint density at radius 3 is 2.19 bits per heavy atom. The Balaban J connectivity index is 1.85. The first-order valence-electron chi connectivity index (χ1n) is 8.44. The molecule has 26 heavy (non-hydrogen) atoms. The van der Waals surface area contributed by atoms with E-state index in [1.807, 2.05) is 48.0 Å². The number of carbonyl (C=O) groups is 1. The van der Waals surface area contributed by atoms with Crippen LogP contribution in [0.5, 0.6) is 0 Å². The van der Waals surface area contributed by atoms with Gasteiger partial charge in [0, 0.05) is 12.1 Å². The summed E-state index contributed by atoms with van der Waals surface area (Å²) in [4.78, 5) is 24.2. The van der Waals surface area contributed by atoms with E-state index in [-0.39, 0.29) is 5.91 Å². The number of carbonyl (C=O) groups excluding carboxylic acids is 1. The van der Waals surface area contributed by atoms with Crippen LogP contribution in [0.15, 0.2) is 53.2 Å². The quantitative estimate of drug-likeness (QED) is 0.517. The van der Waals surface area contributed by atoms with E-state index < -0.39 is 0 Å². The van der Waals surface area contributed by atoms with E-state index in [1.54, 1.807) is 22.7 Å². The first kappa shape index (κ1) is 16.9. The van der Waals surface area contributed by atoms with Crippen LogP contribution < -0.4 is 5.32 Å². The molecule has 0 bridgehead atoms. The molecule has 4 aromatic rings. The fourth-order valence-corrected chi connectivity index (χ4v) is 4.14. The largest absolute Gasteiger partial charge is 0.352 e. The third kappa shape index (κ3) is 3.25. The number of thiophene rings is 2. The van der Waals surface area contributed by atoms with Gasteiger partial charge in [0.05, 0.1) is 20.8 Å². The van der Waals surface area contributed by atoms with Gasteiger partial charge in [-0.25, -0.2) is 9.97 Å². The lowest BCUT2D eigenvalue weighted by Gasteiger charge is -2.09. The Labute approximate surface area is 159 Å². The monoisotopic (exact) mass is 379 g/mol. The first-order valence-corrected chi connectivity index (χ1v) is 10.2. The molecule has 1 aromatic carbocycles. The summed E-state index contributed by atoms with van der Waals surface area (Å²) >= 11 is 3.29. The van der Waals surface area contributed by atoms with Crippen molar-refractivity contribution in [1.29, 1.82) is 0 Å². The predicted molar refractivity (Wildman–Crippen MR) is 109 cm³/mol. The van der Waals surface area contributed by atoms with E-state index >= 15 is 0 Å². The molecule has 4 rings (SSSR count). The molecule has 0 spiro atoms. The molecule has 0 aliphatic rings. The smallest absolute Gasteiger partial charge is 0.251 e. The van der Waals surface area contributed by atoms with Crippen molar-refractivity contribution in [2.24, 2.45) is 0 Å². The van der Waals surface area contributed by atoms with Crippen LogP contribution in [0.3, 0.4) is 0 Å². The van der Waals surface area contributed by atoms with Gasteiger partial charge in [-0.3, -0.25) is 4.79 Å². The molecule has 0 radical (unpaired) electrons. The Kier molecular flexibility index (Phi) is 4.77. The molecule has 6 heteroatoms. The van der Waals surface area contributed by atoms with Gasteiger partial charge in [0.25, 0.3) is 5.91 Å². The zero-order valence-corrected chi connectivity index (χ0v) is 15.9. The van der Waals surface area contributed by atoms with Crippen molar-refractivity contribution in [3.63, 3.8) is 0 Å². The summed E-state index contributed by atoms with van der Waals surface area (Å²) < 4.78 is 0. The minimum absolute atomic E-state index is 0.0736. The highest BCUT2D eigenvalue weighted by atomic mass is 32.1. The molecule has 130 valence electrons. The molecule has 0 unspecified atom stereocenters. The molecule has 3 heterocycles. The van der Waals surface area contributed by atoms with Crippen LogP contribution in [-0.4, -0.2) is 22.4 Å². The molecule has 0 fully saturated rings. The van der Waals surface area contributed by atoms with Gasteiger partial charge >= 0.3 is 0 Å². The van der Waals surface area contributed by atoms with Crippen LogP contribution in [0.2, 0.25) is 0 Å². The average molecular weight is 380 g/mol. The number of hydrogen-bond donors (Lipinski definition) is 1. The van der Waals surface area contributed by atoms with Crippen molar-refractivity contribution < 1.29 is 4.79 Å². The zero-order valence-electron chi connectivity index (χ0n) is 14.2. The van der Waals surface area contributed by atoms with Gasteiger partial charge in [-0.05, 0) is 47.5 Å². The summed E-state index contributed by atoms with van der Waals surface area (Å²) in [6.45, 7) is 2.70. The maximum absolute atomic E-state index is 12.3. The van der Waals surface area contributed by atoms with Crippen molar-refractivity contribution >= 4 is 39.6 Å². The van der Waals surface area contributed by atoms with Crippen molar-refractivity contribution in [1.82, 2.24) is 15.3 Å². The Morgan fingerprint density at radius 1 is 0.962 bits per heavy atom. The maximum atomic E-state index is 12.3. The zero-order chi connectivity index (χ0) is 17.9. The highest BCUT2D eigenvalue weighted by molar-refractivity contribution is 7.14. The van der Waals surface area contributed by atoms with Gasteiger partial charge in [-0.2, -0.15) is 0 Å². The topological polar surface area (TPSA) is 54.9 Å². The third-order valence-corrected chi connectivity index (χ3v) is 5.72. The van der Waals surface area contributed by atoms with Crippen molar-refractivity contribution in [2.75, 3.05) is 6.54 Å². The Bertz CT molecular complexity index is 1040. The SMILES string of the molecule is CCCNC(=O)c1ccc2nc(-c3cccs3)c(-c3cccs3)nc2c1. The summed E-state index contributed by atoms with van der Waals surface area (Å²) in [7, 11) is 0. The van der Waals surface area contributed by atoms with Crippen molar-refractivity contribution in [3.8, 4) is 21.1 Å². The van der Waals surface area contributed by atoms with E-state index in [0.29, 0.717) is 12.1 Å². The van der Waals surface area contributed by atoms with Crippen LogP contribution in [0, 0.1) is 0 Å². The number of benzene rings is 1. The maximum Gasteiger partial charge on any atom is 0.251 e. The number of nitrogens with one attached hydrogen (secondary N) is 1. The first-order chi connectivity index (χ1) is 12.8. The van der Waals surface area contributed by atoms with Gasteiger partial charge in [-0.1, -0.05) is 19.1 Å². The third-order valence-electron chi connectivity index (χ3n) is 3.97. The lowest BCUT2D eigenvalue weighted by Crippen LogP contribution is -2.23. The van der Waals surface area contributed by atoms with Crippen LogP contribution in [0.4, 0.5) is 0 Å². The molecular weight excluding hydrogens is 362 g/mol. The molecule has 1 amide bonds. The highest BCUT2D eigenvalue weighted by Crippen LogP contribution is 2.35. The average Bonchev–Trinajstić information content (AvgIpc) is 3.38. The second-order valence-corrected chi connectivity index (χ2v) is 7.73. The van der Waals surface area contributed by atoms with Crippen molar-refractivity contribution in [3.05, 3.63) is 58.8 Å². The lowest BCUT2D eigenvalue weighted by atomic mass is 10.1. The van der Waals surface area contributed by atoms with Crippen LogP contribution in [0.1, 0.15) is 23.7 Å². The highest BCUT2D eigenvalue weighted by Gasteiger charge is 2.16. The number of nitrogens with zero attached hydrogens (tertiary/aromatic N) is 2. The van der Waals surface area contributed by atoms with E-state index in [0.717, 1.165) is 38.6 Å². The van der Waals surface area contributed by atoms with Gasteiger partial charge in [0.1, 0.15) is 11.4 Å². The summed E-state index contributed by atoms with van der Waals surface area (Å²) in [5.41, 5.74) is 3.89. The molecule has 1 N–H and O–H groups in total. The molecule has 0 saturated carbocycles. The summed E-state index contributed by atoms with van der Waals surface area (Å²) in [5, 5.41) is 6.98. The minimum atomic E-state index is -0.0736. The van der Waals surface area contributed by atoms with Gasteiger partial charge in [0.2, 0.25) is 0 Å². The fourth-order valence-electron chi connectivity index (χ4n) is 2.71. The standard InChI is InChI=1S/C20H17N3OS2/c1-2-9-21-20(24)13-7-8-14-15(12-13)23-19(17-6-4-11-26-17)18(22-14)16-5-3-10-25-16/h3-8,10-12H,2,9H2,1H3,(H,21,24). The fraction of sp³-hybridized carbons (Fsp3) is 0.150. The second kappa shape index (κ2) is 7.35. The van der Waals surface area contributed by atoms with Crippen LogP contribution >= 0.6 is 22.7 Å². The number of hydrogen-bond acceptors (Lipinski definition) is 5. The van der Waals surface area contributed by atoms with Crippen molar-refractivity contribution in [2.45, 2.75) is 13.3 Å². The summed E-state index contributed by atoms with van der Waals surface area (Å²) in [5.74, 6) is -0.0736. The summed E-state index contributed by atoms with van der Waals surface area (Å²) in [6.07, 6.45) is 0.909. The second-order valence-electron chi connectivity index (χ2n) is 5.83. The van der Waals surface area contributed by atoms with Gasteiger partial charge < -0.3 is 5.32 Å². The Hall–Kier alpha value is -2.57. The molecule has 0 saturated heterocycles.